The normalized spacial score (nSPS) is 13.3. The van der Waals surface area contributed by atoms with Gasteiger partial charge >= 0.3 is 0 Å². The van der Waals surface area contributed by atoms with Crippen molar-refractivity contribution in [2.75, 3.05) is 6.54 Å². The highest BCUT2D eigenvalue weighted by atomic mass is 32.1. The van der Waals surface area contributed by atoms with Gasteiger partial charge in [-0.15, -0.1) is 11.3 Å². The van der Waals surface area contributed by atoms with E-state index >= 15 is 0 Å². The molecule has 0 saturated heterocycles. The van der Waals surface area contributed by atoms with Crippen LogP contribution in [0.5, 0.6) is 0 Å². The van der Waals surface area contributed by atoms with E-state index in [1.807, 2.05) is 23.6 Å². The Bertz CT molecular complexity index is 1460. The molecule has 2 heterocycles. The van der Waals surface area contributed by atoms with Gasteiger partial charge in [0.1, 0.15) is 24.2 Å². The Hall–Kier alpha value is -5.25. The predicted octanol–water partition coefficient (Wildman–Crippen LogP) is -1.00. The first-order chi connectivity index (χ1) is 22.0. The number of carbonyl (C=O) groups excluding carboxylic acids is 5. The maximum Gasteiger partial charge on any atom is 0.243 e. The average Bonchev–Trinajstić information content (AvgIpc) is 3.72. The molecule has 0 unspecified atom stereocenters. The molecule has 3 aromatic rings. The number of hydrogen-bond donors (Lipinski definition) is 8. The largest absolute Gasteiger partial charge is 0.370 e. The van der Waals surface area contributed by atoms with E-state index < -0.39 is 53.7 Å². The molecule has 46 heavy (non-hydrogen) atoms. The number of aromatic amines is 1. The fraction of sp³-hybridized carbons (Fsp3) is 0.367. The Balaban J connectivity index is 1.83. The van der Waals surface area contributed by atoms with Gasteiger partial charge in [0.05, 0.1) is 6.33 Å². The van der Waals surface area contributed by atoms with E-state index in [1.54, 1.807) is 24.3 Å². The van der Waals surface area contributed by atoms with Gasteiger partial charge in [-0.3, -0.25) is 29.0 Å². The number of amides is 5. The van der Waals surface area contributed by atoms with E-state index in [0.29, 0.717) is 12.1 Å². The molecule has 2 aromatic heterocycles. The lowest BCUT2D eigenvalue weighted by Crippen LogP contribution is -2.59. The number of benzene rings is 1. The van der Waals surface area contributed by atoms with Crippen LogP contribution in [0.15, 0.2) is 65.4 Å². The number of aliphatic imine (C=N–C) groups is 1. The van der Waals surface area contributed by atoms with E-state index in [2.05, 4.69) is 36.2 Å². The van der Waals surface area contributed by atoms with Crippen molar-refractivity contribution >= 4 is 46.8 Å². The fourth-order valence-corrected chi connectivity index (χ4v) is 5.32. The van der Waals surface area contributed by atoms with Crippen molar-refractivity contribution in [3.8, 4) is 0 Å². The van der Waals surface area contributed by atoms with Gasteiger partial charge in [0.15, 0.2) is 5.96 Å². The smallest absolute Gasteiger partial charge is 0.243 e. The van der Waals surface area contributed by atoms with Crippen LogP contribution >= 0.6 is 11.3 Å². The van der Waals surface area contributed by atoms with Crippen molar-refractivity contribution in [1.29, 1.82) is 0 Å². The molecule has 15 nitrogen and oxygen atoms in total. The molecule has 11 N–H and O–H groups in total. The minimum atomic E-state index is -1.14. The summed E-state index contributed by atoms with van der Waals surface area (Å²) < 4.78 is 0. The lowest BCUT2D eigenvalue weighted by atomic mass is 10.0. The summed E-state index contributed by atoms with van der Waals surface area (Å²) in [6.07, 6.45) is 3.76. The van der Waals surface area contributed by atoms with Crippen LogP contribution in [0.1, 0.15) is 35.9 Å². The molecule has 16 heteroatoms. The lowest BCUT2D eigenvalue weighted by molar-refractivity contribution is -0.134. The van der Waals surface area contributed by atoms with E-state index in [9.17, 15) is 24.0 Å². The second kappa shape index (κ2) is 17.9. The summed E-state index contributed by atoms with van der Waals surface area (Å²) in [7, 11) is 0. The number of primary amides is 1. The third-order valence-electron chi connectivity index (χ3n) is 6.81. The van der Waals surface area contributed by atoms with Gasteiger partial charge in [-0.1, -0.05) is 36.4 Å². The SMILES string of the molecule is CC(=O)N[C@@H](Cc1cnc[nH]1)C(=O)N[C@H](Cc1ccccc1)C(=O)N[C@@H](CCCN=C(N)N)C(=O)N[C@@H](Cc1cccs1)C(N)=O. The molecule has 5 amide bonds. The summed E-state index contributed by atoms with van der Waals surface area (Å²) in [6.45, 7) is 1.47. The number of carbonyl (C=O) groups is 5. The number of rotatable bonds is 18. The van der Waals surface area contributed by atoms with Gasteiger partial charge in [0.25, 0.3) is 0 Å². The van der Waals surface area contributed by atoms with Crippen molar-refractivity contribution in [2.45, 2.75) is 63.2 Å². The molecule has 0 radical (unpaired) electrons. The molecular formula is C30H40N10O5S. The van der Waals surface area contributed by atoms with Crippen LogP contribution in [0.2, 0.25) is 0 Å². The van der Waals surface area contributed by atoms with E-state index in [-0.39, 0.29) is 38.2 Å². The van der Waals surface area contributed by atoms with E-state index in [0.717, 1.165) is 10.4 Å². The molecule has 0 spiro atoms. The summed E-state index contributed by atoms with van der Waals surface area (Å²) in [5, 5.41) is 12.6. The predicted molar refractivity (Wildman–Crippen MR) is 173 cm³/mol. The number of nitrogens with two attached hydrogens (primary N) is 3. The molecule has 0 aliphatic carbocycles. The molecular weight excluding hydrogens is 612 g/mol. The van der Waals surface area contributed by atoms with Crippen molar-refractivity contribution in [2.24, 2.45) is 22.2 Å². The Labute approximate surface area is 270 Å². The molecule has 4 atom stereocenters. The molecule has 0 bridgehead atoms. The second-order valence-corrected chi connectivity index (χ2v) is 11.6. The first-order valence-electron chi connectivity index (χ1n) is 14.6. The van der Waals surface area contributed by atoms with Crippen molar-refractivity contribution < 1.29 is 24.0 Å². The van der Waals surface area contributed by atoms with Gasteiger partial charge in [-0.25, -0.2) is 4.98 Å². The third-order valence-corrected chi connectivity index (χ3v) is 7.71. The van der Waals surface area contributed by atoms with Crippen LogP contribution in [0, 0.1) is 0 Å². The van der Waals surface area contributed by atoms with E-state index in [1.165, 1.54) is 30.8 Å². The zero-order valence-corrected chi connectivity index (χ0v) is 26.2. The average molecular weight is 653 g/mol. The van der Waals surface area contributed by atoms with Gasteiger partial charge in [0, 0.05) is 49.5 Å². The van der Waals surface area contributed by atoms with Crippen molar-refractivity contribution in [1.82, 2.24) is 31.2 Å². The third kappa shape index (κ3) is 12.0. The second-order valence-electron chi connectivity index (χ2n) is 10.5. The summed E-state index contributed by atoms with van der Waals surface area (Å²) >= 11 is 1.41. The highest BCUT2D eigenvalue weighted by Crippen LogP contribution is 2.12. The zero-order valence-electron chi connectivity index (χ0n) is 25.4. The topological polar surface area (TPSA) is 253 Å². The van der Waals surface area contributed by atoms with Gasteiger partial charge < -0.3 is 43.5 Å². The number of imidazole rings is 1. The van der Waals surface area contributed by atoms with Crippen molar-refractivity contribution in [3.63, 3.8) is 0 Å². The fourth-order valence-electron chi connectivity index (χ4n) is 4.57. The summed E-state index contributed by atoms with van der Waals surface area (Å²) in [4.78, 5) is 76.5. The van der Waals surface area contributed by atoms with Crippen LogP contribution < -0.4 is 38.5 Å². The number of aromatic nitrogens is 2. The lowest BCUT2D eigenvalue weighted by Gasteiger charge is -2.26. The van der Waals surface area contributed by atoms with Crippen LogP contribution in [-0.2, 0) is 43.2 Å². The van der Waals surface area contributed by atoms with Crippen LogP contribution in [0.25, 0.3) is 0 Å². The summed E-state index contributed by atoms with van der Waals surface area (Å²) in [6, 6.07) is 8.32. The zero-order chi connectivity index (χ0) is 33.5. The number of nitrogens with one attached hydrogen (secondary N) is 5. The standard InChI is InChI=1S/C30H40N10O5S/c1-18(41)37-25(14-20-16-34-17-36-20)29(45)40-24(13-19-7-3-2-4-8-19)28(44)38-22(10-5-11-35-30(32)33)27(43)39-23(26(31)42)15-21-9-6-12-46-21/h2-4,6-9,12,16-17,22-25H,5,10-11,13-15H2,1H3,(H2,31,42)(H,34,36)(H,37,41)(H,38,44)(H,39,43)(H,40,45)(H4,32,33,35)/t22-,23-,24+,25-/m0/s1. The first kappa shape index (κ1) is 35.2. The molecule has 246 valence electrons. The van der Waals surface area contributed by atoms with Gasteiger partial charge in [-0.05, 0) is 29.9 Å². The molecule has 1 aromatic carbocycles. The quantitative estimate of drug-likeness (QED) is 0.0479. The molecule has 0 aliphatic heterocycles. The van der Waals surface area contributed by atoms with Crippen molar-refractivity contribution in [3.05, 3.63) is 76.5 Å². The number of hydrogen-bond acceptors (Lipinski definition) is 8. The monoisotopic (exact) mass is 652 g/mol. The Morgan fingerprint density at radius 3 is 2.07 bits per heavy atom. The maximum atomic E-state index is 13.8. The molecule has 0 saturated carbocycles. The summed E-state index contributed by atoms with van der Waals surface area (Å²) in [5.41, 5.74) is 17.8. The minimum Gasteiger partial charge on any atom is -0.370 e. The number of thiophene rings is 1. The van der Waals surface area contributed by atoms with Crippen LogP contribution in [-0.4, -0.2) is 76.2 Å². The van der Waals surface area contributed by atoms with Gasteiger partial charge in [-0.2, -0.15) is 0 Å². The summed E-state index contributed by atoms with van der Waals surface area (Å²) in [5.74, 6) is -3.20. The highest BCUT2D eigenvalue weighted by Gasteiger charge is 2.31. The number of guanidine groups is 1. The van der Waals surface area contributed by atoms with E-state index in [4.69, 9.17) is 17.2 Å². The Kier molecular flexibility index (Phi) is 13.7. The van der Waals surface area contributed by atoms with Gasteiger partial charge in [0.2, 0.25) is 29.5 Å². The van der Waals surface area contributed by atoms with Crippen LogP contribution in [0.4, 0.5) is 0 Å². The minimum absolute atomic E-state index is 0.0832. The molecule has 0 fully saturated rings. The van der Waals surface area contributed by atoms with Crippen LogP contribution in [0.3, 0.4) is 0 Å². The Morgan fingerprint density at radius 1 is 0.826 bits per heavy atom. The first-order valence-corrected chi connectivity index (χ1v) is 15.5. The maximum absolute atomic E-state index is 13.8. The number of H-pyrrole nitrogens is 1. The highest BCUT2D eigenvalue weighted by molar-refractivity contribution is 7.09. The molecule has 3 rings (SSSR count). The molecule has 0 aliphatic rings. The number of nitrogens with zero attached hydrogens (tertiary/aromatic N) is 2. The Morgan fingerprint density at radius 2 is 1.48 bits per heavy atom.